The summed E-state index contributed by atoms with van der Waals surface area (Å²) in [6, 6.07) is 21.0. The van der Waals surface area contributed by atoms with Gasteiger partial charge in [-0.15, -0.1) is 0 Å². The second kappa shape index (κ2) is 9.28. The highest BCUT2D eigenvalue weighted by molar-refractivity contribution is 6.31. The molecule has 0 saturated carbocycles. The maximum Gasteiger partial charge on any atom is 0.256 e. The minimum Gasteiger partial charge on any atom is -0.366 e. The molecular formula is C27H26ClN3O2. The van der Waals surface area contributed by atoms with Gasteiger partial charge >= 0.3 is 0 Å². The summed E-state index contributed by atoms with van der Waals surface area (Å²) in [6.07, 6.45) is 3.01. The molecule has 1 N–H and O–H groups in total. The number of carbonyl (C=O) groups excluding carboxylic acids is 2. The lowest BCUT2D eigenvalue weighted by Crippen LogP contribution is -2.34. The number of hydrogen-bond donors (Lipinski definition) is 1. The Morgan fingerprint density at radius 2 is 1.64 bits per heavy atom. The summed E-state index contributed by atoms with van der Waals surface area (Å²) >= 11 is 6.04. The van der Waals surface area contributed by atoms with Crippen LogP contribution in [-0.4, -0.2) is 36.3 Å². The number of nitrogens with zero attached hydrogens (tertiary/aromatic N) is 2. The summed E-state index contributed by atoms with van der Waals surface area (Å²) in [4.78, 5) is 30.4. The van der Waals surface area contributed by atoms with Crippen LogP contribution in [0.5, 0.6) is 0 Å². The number of fused-ring (bicyclic) bond motifs is 1. The van der Waals surface area contributed by atoms with Crippen LogP contribution in [-0.2, 0) is 13.0 Å². The molecule has 0 spiro atoms. The van der Waals surface area contributed by atoms with E-state index in [0.29, 0.717) is 21.8 Å². The van der Waals surface area contributed by atoms with Crippen molar-refractivity contribution in [3.05, 3.63) is 94.0 Å². The molecule has 2 aliphatic heterocycles. The van der Waals surface area contributed by atoms with E-state index >= 15 is 0 Å². The average Bonchev–Trinajstić information content (AvgIpc) is 3.38. The van der Waals surface area contributed by atoms with Gasteiger partial charge in [0.05, 0.1) is 5.56 Å². The Kier molecular flexibility index (Phi) is 6.05. The molecule has 5 nitrogen and oxygen atoms in total. The van der Waals surface area contributed by atoms with Crippen molar-refractivity contribution in [3.8, 4) is 0 Å². The summed E-state index contributed by atoms with van der Waals surface area (Å²) in [5.41, 5.74) is 5.30. The third kappa shape index (κ3) is 4.60. The van der Waals surface area contributed by atoms with Crippen LogP contribution in [0, 0.1) is 0 Å². The zero-order valence-electron chi connectivity index (χ0n) is 18.4. The molecule has 0 radical (unpaired) electrons. The highest BCUT2D eigenvalue weighted by Crippen LogP contribution is 2.31. The van der Waals surface area contributed by atoms with Crippen LogP contribution in [0.4, 0.5) is 11.4 Å². The van der Waals surface area contributed by atoms with Crippen LogP contribution < -0.4 is 10.2 Å². The fourth-order valence-electron chi connectivity index (χ4n) is 4.69. The van der Waals surface area contributed by atoms with Gasteiger partial charge in [-0.05, 0) is 66.8 Å². The van der Waals surface area contributed by atoms with Gasteiger partial charge in [-0.2, -0.15) is 0 Å². The first-order valence-electron chi connectivity index (χ1n) is 11.4. The Morgan fingerprint density at radius 1 is 0.848 bits per heavy atom. The molecule has 0 bridgehead atoms. The van der Waals surface area contributed by atoms with Gasteiger partial charge in [0, 0.05) is 48.1 Å². The maximum absolute atomic E-state index is 13.5. The van der Waals surface area contributed by atoms with E-state index in [0.717, 1.165) is 51.1 Å². The van der Waals surface area contributed by atoms with Crippen molar-refractivity contribution in [1.82, 2.24) is 4.90 Å². The first-order valence-corrected chi connectivity index (χ1v) is 11.8. The predicted octanol–water partition coefficient (Wildman–Crippen LogP) is 5.39. The first kappa shape index (κ1) is 21.5. The lowest BCUT2D eigenvalue weighted by Gasteiger charge is -2.33. The van der Waals surface area contributed by atoms with Crippen molar-refractivity contribution in [2.24, 2.45) is 0 Å². The third-order valence-electron chi connectivity index (χ3n) is 6.44. The molecule has 5 rings (SSSR count). The molecule has 1 saturated heterocycles. The summed E-state index contributed by atoms with van der Waals surface area (Å²) in [7, 11) is 0. The Labute approximate surface area is 199 Å². The van der Waals surface area contributed by atoms with Gasteiger partial charge in [0.25, 0.3) is 11.8 Å². The number of halogens is 1. The van der Waals surface area contributed by atoms with E-state index in [-0.39, 0.29) is 11.8 Å². The second-order valence-electron chi connectivity index (χ2n) is 8.64. The number of hydrogen-bond acceptors (Lipinski definition) is 3. The molecule has 0 atom stereocenters. The van der Waals surface area contributed by atoms with Crippen LogP contribution in [0.25, 0.3) is 0 Å². The number of benzene rings is 3. The molecule has 3 aromatic carbocycles. The van der Waals surface area contributed by atoms with E-state index in [1.165, 1.54) is 11.1 Å². The Morgan fingerprint density at radius 3 is 2.42 bits per heavy atom. The number of anilines is 2. The van der Waals surface area contributed by atoms with E-state index in [4.69, 9.17) is 11.6 Å². The Bertz CT molecular complexity index is 1200. The van der Waals surface area contributed by atoms with Crippen molar-refractivity contribution in [2.75, 3.05) is 29.9 Å². The van der Waals surface area contributed by atoms with Gasteiger partial charge < -0.3 is 15.1 Å². The molecule has 6 heteroatoms. The normalized spacial score (nSPS) is 15.3. The van der Waals surface area contributed by atoms with Crippen LogP contribution in [0.2, 0.25) is 5.02 Å². The smallest absolute Gasteiger partial charge is 0.256 e. The highest BCUT2D eigenvalue weighted by atomic mass is 35.5. The number of rotatable bonds is 4. The summed E-state index contributed by atoms with van der Waals surface area (Å²) < 4.78 is 0. The predicted molar refractivity (Wildman–Crippen MR) is 132 cm³/mol. The zero-order chi connectivity index (χ0) is 22.8. The second-order valence-corrected chi connectivity index (χ2v) is 9.07. The number of carbonyl (C=O) groups is 2. The molecule has 2 aliphatic rings. The molecular weight excluding hydrogens is 434 g/mol. The van der Waals surface area contributed by atoms with Crippen LogP contribution in [0.15, 0.2) is 66.7 Å². The van der Waals surface area contributed by atoms with E-state index in [1.54, 1.807) is 24.3 Å². The molecule has 1 fully saturated rings. The lowest BCUT2D eigenvalue weighted by atomic mass is 9.98. The topological polar surface area (TPSA) is 52.7 Å². The van der Waals surface area contributed by atoms with Crippen molar-refractivity contribution in [3.63, 3.8) is 0 Å². The average molecular weight is 460 g/mol. The number of amides is 2. The summed E-state index contributed by atoms with van der Waals surface area (Å²) in [5, 5.41) is 3.44. The van der Waals surface area contributed by atoms with Crippen LogP contribution >= 0.6 is 11.6 Å². The van der Waals surface area contributed by atoms with E-state index < -0.39 is 0 Å². The SMILES string of the molecule is O=C(Nc1ccc(N2CCc3ccccc3C2)c(C(=O)N2CCCC2)c1)c1cccc(Cl)c1. The van der Waals surface area contributed by atoms with Crippen LogP contribution in [0.1, 0.15) is 44.7 Å². The standard InChI is InChI=1S/C27H26ClN3O2/c28-22-9-5-8-20(16-22)26(32)29-23-10-11-25(24(17-23)27(33)30-13-3-4-14-30)31-15-12-19-6-1-2-7-21(19)18-31/h1-2,5-11,16-17H,3-4,12-15,18H2,(H,29,32). The molecule has 0 aliphatic carbocycles. The minimum absolute atomic E-state index is 0.0280. The molecule has 168 valence electrons. The van der Waals surface area contributed by atoms with Gasteiger partial charge in [-0.25, -0.2) is 0 Å². The largest absolute Gasteiger partial charge is 0.366 e. The number of likely N-dealkylation sites (tertiary alicyclic amines) is 1. The molecule has 0 aromatic heterocycles. The van der Waals surface area contributed by atoms with E-state index in [9.17, 15) is 9.59 Å². The monoisotopic (exact) mass is 459 g/mol. The van der Waals surface area contributed by atoms with Crippen molar-refractivity contribution < 1.29 is 9.59 Å². The van der Waals surface area contributed by atoms with Gasteiger partial charge in [0.1, 0.15) is 0 Å². The fourth-order valence-corrected chi connectivity index (χ4v) is 4.88. The fraction of sp³-hybridized carbons (Fsp3) is 0.259. The molecule has 33 heavy (non-hydrogen) atoms. The van der Waals surface area contributed by atoms with Crippen molar-refractivity contribution >= 4 is 34.8 Å². The van der Waals surface area contributed by atoms with Gasteiger partial charge in [0.15, 0.2) is 0 Å². The van der Waals surface area contributed by atoms with Crippen LogP contribution in [0.3, 0.4) is 0 Å². The molecule has 0 unspecified atom stereocenters. The molecule has 3 aromatic rings. The highest BCUT2D eigenvalue weighted by Gasteiger charge is 2.26. The minimum atomic E-state index is -0.253. The summed E-state index contributed by atoms with van der Waals surface area (Å²) in [5.74, 6) is -0.225. The van der Waals surface area contributed by atoms with Crippen molar-refractivity contribution in [2.45, 2.75) is 25.8 Å². The summed E-state index contributed by atoms with van der Waals surface area (Å²) in [6.45, 7) is 3.18. The third-order valence-corrected chi connectivity index (χ3v) is 6.67. The Balaban J connectivity index is 1.46. The Hall–Kier alpha value is -3.31. The van der Waals surface area contributed by atoms with Crippen molar-refractivity contribution in [1.29, 1.82) is 0 Å². The number of nitrogens with one attached hydrogen (secondary N) is 1. The first-order chi connectivity index (χ1) is 16.1. The van der Waals surface area contributed by atoms with Gasteiger partial charge in [0.2, 0.25) is 0 Å². The van der Waals surface area contributed by atoms with E-state index in [2.05, 4.69) is 34.5 Å². The maximum atomic E-state index is 13.5. The lowest BCUT2D eigenvalue weighted by molar-refractivity contribution is 0.0793. The quantitative estimate of drug-likeness (QED) is 0.569. The molecule has 2 amide bonds. The molecule has 2 heterocycles. The van der Waals surface area contributed by atoms with E-state index in [1.807, 2.05) is 23.1 Å². The van der Waals surface area contributed by atoms with Gasteiger partial charge in [-0.1, -0.05) is 41.9 Å². The van der Waals surface area contributed by atoms with Gasteiger partial charge in [-0.3, -0.25) is 9.59 Å². The zero-order valence-corrected chi connectivity index (χ0v) is 19.1.